The second kappa shape index (κ2) is 8.85. The number of piperazine rings is 1. The molecule has 0 radical (unpaired) electrons. The first kappa shape index (κ1) is 18.5. The predicted molar refractivity (Wildman–Crippen MR) is 97.1 cm³/mol. The number of rotatable bonds is 5. The fourth-order valence-corrected chi connectivity index (χ4v) is 3.52. The first-order valence-corrected chi connectivity index (χ1v) is 9.16. The molecular weight excluding hydrogens is 342 g/mol. The number of hydrogen-bond donors (Lipinski definition) is 0. The lowest BCUT2D eigenvalue weighted by Gasteiger charge is -2.36. The monoisotopic (exact) mass is 367 g/mol. The Morgan fingerprint density at radius 2 is 1.80 bits per heavy atom. The van der Waals surface area contributed by atoms with Gasteiger partial charge in [0.15, 0.2) is 0 Å². The molecule has 3 rings (SSSR count). The van der Waals surface area contributed by atoms with E-state index in [-0.39, 0.29) is 5.91 Å². The van der Waals surface area contributed by atoms with Crippen LogP contribution in [0.5, 0.6) is 5.75 Å². The molecule has 138 valence electrons. The molecule has 2 fully saturated rings. The third-order valence-corrected chi connectivity index (χ3v) is 5.06. The number of benzene rings is 1. The highest BCUT2D eigenvalue weighted by atomic mass is 35.5. The maximum atomic E-state index is 12.3. The fraction of sp³-hybridized carbons (Fsp3) is 0.611. The summed E-state index contributed by atoms with van der Waals surface area (Å²) in [4.78, 5) is 18.9. The van der Waals surface area contributed by atoms with Crippen molar-refractivity contribution in [1.29, 1.82) is 0 Å². The largest absolute Gasteiger partial charge is 0.496 e. The Labute approximate surface area is 154 Å². The molecule has 1 aromatic carbocycles. The summed E-state index contributed by atoms with van der Waals surface area (Å²) < 4.78 is 10.7. The van der Waals surface area contributed by atoms with E-state index in [4.69, 9.17) is 21.1 Å². The molecule has 0 aromatic heterocycles. The maximum absolute atomic E-state index is 12.3. The van der Waals surface area contributed by atoms with Gasteiger partial charge in [0.05, 0.1) is 26.9 Å². The van der Waals surface area contributed by atoms with Crippen molar-refractivity contribution < 1.29 is 14.3 Å². The summed E-state index contributed by atoms with van der Waals surface area (Å²) in [5.41, 5.74) is 1.10. The molecule has 25 heavy (non-hydrogen) atoms. The molecule has 0 unspecified atom stereocenters. The molecule has 2 aliphatic heterocycles. The zero-order chi connectivity index (χ0) is 17.6. The lowest BCUT2D eigenvalue weighted by molar-refractivity contribution is -0.136. The second-order valence-electron chi connectivity index (χ2n) is 6.50. The summed E-state index contributed by atoms with van der Waals surface area (Å²) in [6.45, 7) is 7.74. The summed E-state index contributed by atoms with van der Waals surface area (Å²) in [6, 6.07) is 5.72. The Hall–Kier alpha value is -1.34. The highest BCUT2D eigenvalue weighted by Crippen LogP contribution is 2.24. The van der Waals surface area contributed by atoms with Crippen molar-refractivity contribution in [2.75, 3.05) is 66.1 Å². The number of hydrogen-bond acceptors (Lipinski definition) is 5. The summed E-state index contributed by atoms with van der Waals surface area (Å²) in [5, 5.41) is 0.727. The minimum atomic E-state index is 0.216. The predicted octanol–water partition coefficient (Wildman–Crippen LogP) is 1.32. The molecule has 0 aliphatic carbocycles. The van der Waals surface area contributed by atoms with Crippen LogP contribution in [0.3, 0.4) is 0 Å². The number of carbonyl (C=O) groups excluding carboxylic acids is 1. The highest BCUT2D eigenvalue weighted by molar-refractivity contribution is 6.30. The Morgan fingerprint density at radius 1 is 1.12 bits per heavy atom. The van der Waals surface area contributed by atoms with Gasteiger partial charge in [0.1, 0.15) is 5.75 Å². The van der Waals surface area contributed by atoms with Gasteiger partial charge in [0.25, 0.3) is 0 Å². The zero-order valence-electron chi connectivity index (χ0n) is 14.7. The number of halogens is 1. The summed E-state index contributed by atoms with van der Waals surface area (Å²) in [5.74, 6) is 1.09. The lowest BCUT2D eigenvalue weighted by atomic mass is 10.1. The number of morpholine rings is 1. The Kier molecular flexibility index (Phi) is 6.53. The first-order valence-electron chi connectivity index (χ1n) is 8.78. The van der Waals surface area contributed by atoms with Crippen LogP contribution in [0.15, 0.2) is 18.2 Å². The van der Waals surface area contributed by atoms with E-state index in [9.17, 15) is 4.79 Å². The van der Waals surface area contributed by atoms with Gasteiger partial charge in [-0.15, -0.1) is 0 Å². The lowest BCUT2D eigenvalue weighted by Crippen LogP contribution is -2.51. The van der Waals surface area contributed by atoms with E-state index in [0.29, 0.717) is 32.8 Å². The van der Waals surface area contributed by atoms with Gasteiger partial charge in [-0.2, -0.15) is 0 Å². The SMILES string of the molecule is COc1ccc(Cl)cc1CN1CCN(CC(=O)N2CCOCC2)CC1. The van der Waals surface area contributed by atoms with Crippen LogP contribution >= 0.6 is 11.6 Å². The van der Waals surface area contributed by atoms with Gasteiger partial charge in [0, 0.05) is 56.4 Å². The molecular formula is C18H26ClN3O3. The Bertz CT molecular complexity index is 585. The highest BCUT2D eigenvalue weighted by Gasteiger charge is 2.23. The molecule has 2 heterocycles. The van der Waals surface area contributed by atoms with Crippen LogP contribution in [0, 0.1) is 0 Å². The van der Waals surface area contributed by atoms with Gasteiger partial charge in [-0.3, -0.25) is 14.6 Å². The molecule has 7 heteroatoms. The van der Waals surface area contributed by atoms with Crippen molar-refractivity contribution in [3.8, 4) is 5.75 Å². The van der Waals surface area contributed by atoms with Crippen LogP contribution in [0.4, 0.5) is 0 Å². The van der Waals surface area contributed by atoms with Crippen LogP contribution in [-0.4, -0.2) is 86.7 Å². The molecule has 0 saturated carbocycles. The normalized spacial score (nSPS) is 19.8. The number of carbonyl (C=O) groups is 1. The van der Waals surface area contributed by atoms with Crippen LogP contribution in [0.1, 0.15) is 5.56 Å². The maximum Gasteiger partial charge on any atom is 0.236 e. The minimum Gasteiger partial charge on any atom is -0.496 e. The molecule has 0 bridgehead atoms. The number of nitrogens with zero attached hydrogens (tertiary/aromatic N) is 3. The van der Waals surface area contributed by atoms with E-state index in [1.165, 1.54) is 0 Å². The van der Waals surface area contributed by atoms with E-state index in [2.05, 4.69) is 9.80 Å². The summed E-state index contributed by atoms with van der Waals surface area (Å²) in [6.07, 6.45) is 0. The topological polar surface area (TPSA) is 45.2 Å². The standard InChI is InChI=1S/C18H26ClN3O3/c1-24-17-3-2-16(19)12-15(17)13-20-4-6-21(7-5-20)14-18(23)22-8-10-25-11-9-22/h2-3,12H,4-11,13-14H2,1H3. The average Bonchev–Trinajstić information content (AvgIpc) is 2.64. The number of methoxy groups -OCH3 is 1. The summed E-state index contributed by atoms with van der Waals surface area (Å²) >= 11 is 6.11. The third kappa shape index (κ3) is 5.07. The van der Waals surface area contributed by atoms with E-state index >= 15 is 0 Å². The molecule has 0 spiro atoms. The molecule has 2 saturated heterocycles. The van der Waals surface area contributed by atoms with E-state index in [1.54, 1.807) is 7.11 Å². The van der Waals surface area contributed by atoms with Gasteiger partial charge < -0.3 is 14.4 Å². The van der Waals surface area contributed by atoms with Crippen LogP contribution < -0.4 is 4.74 Å². The molecule has 1 amide bonds. The van der Waals surface area contributed by atoms with E-state index in [0.717, 1.165) is 49.1 Å². The first-order chi connectivity index (χ1) is 12.2. The quantitative estimate of drug-likeness (QED) is 0.785. The summed E-state index contributed by atoms with van der Waals surface area (Å²) in [7, 11) is 1.68. The second-order valence-corrected chi connectivity index (χ2v) is 6.94. The van der Waals surface area contributed by atoms with Crippen molar-refractivity contribution in [2.24, 2.45) is 0 Å². The molecule has 2 aliphatic rings. The average molecular weight is 368 g/mol. The van der Waals surface area contributed by atoms with Crippen LogP contribution in [0.2, 0.25) is 5.02 Å². The van der Waals surface area contributed by atoms with E-state index in [1.807, 2.05) is 23.1 Å². The van der Waals surface area contributed by atoms with Crippen molar-refractivity contribution in [3.63, 3.8) is 0 Å². The van der Waals surface area contributed by atoms with Gasteiger partial charge in [-0.05, 0) is 18.2 Å². The number of ether oxygens (including phenoxy) is 2. The Balaban J connectivity index is 1.47. The zero-order valence-corrected chi connectivity index (χ0v) is 15.5. The van der Waals surface area contributed by atoms with E-state index < -0.39 is 0 Å². The molecule has 0 N–H and O–H groups in total. The van der Waals surface area contributed by atoms with Gasteiger partial charge in [0.2, 0.25) is 5.91 Å². The van der Waals surface area contributed by atoms with Gasteiger partial charge in [-0.1, -0.05) is 11.6 Å². The Morgan fingerprint density at radius 3 is 2.48 bits per heavy atom. The fourth-order valence-electron chi connectivity index (χ4n) is 3.32. The third-order valence-electron chi connectivity index (χ3n) is 4.82. The van der Waals surface area contributed by atoms with Gasteiger partial charge in [-0.25, -0.2) is 0 Å². The molecule has 0 atom stereocenters. The van der Waals surface area contributed by atoms with Crippen molar-refractivity contribution in [2.45, 2.75) is 6.54 Å². The van der Waals surface area contributed by atoms with Gasteiger partial charge >= 0.3 is 0 Å². The van der Waals surface area contributed by atoms with Crippen molar-refractivity contribution >= 4 is 17.5 Å². The molecule has 1 aromatic rings. The van der Waals surface area contributed by atoms with Crippen molar-refractivity contribution in [3.05, 3.63) is 28.8 Å². The smallest absolute Gasteiger partial charge is 0.236 e. The number of amides is 1. The van der Waals surface area contributed by atoms with Crippen LogP contribution in [-0.2, 0) is 16.1 Å². The molecule has 6 nitrogen and oxygen atoms in total. The van der Waals surface area contributed by atoms with Crippen molar-refractivity contribution in [1.82, 2.24) is 14.7 Å². The minimum absolute atomic E-state index is 0.216. The van der Waals surface area contributed by atoms with Crippen LogP contribution in [0.25, 0.3) is 0 Å².